The van der Waals surface area contributed by atoms with Crippen molar-refractivity contribution in [1.82, 2.24) is 19.1 Å². The van der Waals surface area contributed by atoms with Crippen LogP contribution in [0.15, 0.2) is 33.9 Å². The Morgan fingerprint density at radius 1 is 1.13 bits per heavy atom. The Bertz CT molecular complexity index is 1180. The Morgan fingerprint density at radius 3 is 2.53 bits per heavy atom. The van der Waals surface area contributed by atoms with Gasteiger partial charge in [-0.25, -0.2) is 9.78 Å². The highest BCUT2D eigenvalue weighted by atomic mass is 16.5. The number of nitrogens with one attached hydrogen (secondary N) is 2. The van der Waals surface area contributed by atoms with Crippen LogP contribution in [0.5, 0.6) is 0 Å². The summed E-state index contributed by atoms with van der Waals surface area (Å²) in [6.45, 7) is 3.16. The lowest BCUT2D eigenvalue weighted by molar-refractivity contribution is -0.116. The van der Waals surface area contributed by atoms with Gasteiger partial charge in [0.15, 0.2) is 5.65 Å². The Kier molecular flexibility index (Phi) is 5.40. The number of carbonyl (C=O) groups is 1. The van der Waals surface area contributed by atoms with Crippen LogP contribution in [0.4, 0.5) is 11.4 Å². The van der Waals surface area contributed by atoms with Gasteiger partial charge >= 0.3 is 5.69 Å². The maximum Gasteiger partial charge on any atom is 0.332 e. The van der Waals surface area contributed by atoms with Gasteiger partial charge in [0, 0.05) is 51.4 Å². The second kappa shape index (κ2) is 8.15. The number of amides is 1. The van der Waals surface area contributed by atoms with Crippen LogP contribution in [0.1, 0.15) is 12.2 Å². The molecule has 2 N–H and O–H groups in total. The van der Waals surface area contributed by atoms with E-state index < -0.39 is 11.2 Å². The van der Waals surface area contributed by atoms with Crippen LogP contribution in [0.2, 0.25) is 0 Å². The quantitative estimate of drug-likeness (QED) is 0.626. The summed E-state index contributed by atoms with van der Waals surface area (Å²) in [6, 6.07) is 7.72. The van der Waals surface area contributed by atoms with E-state index in [0.29, 0.717) is 12.2 Å². The SMILES string of the molecule is Cn1c(=O)c2[nH]c(CCC(=O)Nc3ccc(N4CCOCC4)cc3)nc2n(C)c1=O. The molecule has 2 aromatic heterocycles. The van der Waals surface area contributed by atoms with E-state index in [4.69, 9.17) is 4.74 Å². The van der Waals surface area contributed by atoms with Crippen molar-refractivity contribution in [2.45, 2.75) is 12.8 Å². The number of hydrogen-bond acceptors (Lipinski definition) is 6. The van der Waals surface area contributed by atoms with Gasteiger partial charge in [-0.3, -0.25) is 18.7 Å². The summed E-state index contributed by atoms with van der Waals surface area (Å²) in [7, 11) is 2.98. The molecule has 0 saturated carbocycles. The first kappa shape index (κ1) is 19.9. The van der Waals surface area contributed by atoms with Crippen molar-refractivity contribution in [1.29, 1.82) is 0 Å². The summed E-state index contributed by atoms with van der Waals surface area (Å²) in [4.78, 5) is 46.1. The van der Waals surface area contributed by atoms with Gasteiger partial charge in [0.25, 0.3) is 5.56 Å². The molecule has 1 aliphatic rings. The number of benzene rings is 1. The fourth-order valence-electron chi connectivity index (χ4n) is 3.52. The van der Waals surface area contributed by atoms with E-state index in [-0.39, 0.29) is 23.5 Å². The molecule has 1 amide bonds. The van der Waals surface area contributed by atoms with Crippen LogP contribution < -0.4 is 21.5 Å². The smallest absolute Gasteiger partial charge is 0.332 e. The Hall–Kier alpha value is -3.40. The molecule has 4 rings (SSSR count). The molecule has 30 heavy (non-hydrogen) atoms. The van der Waals surface area contributed by atoms with E-state index >= 15 is 0 Å². The van der Waals surface area contributed by atoms with Crippen molar-refractivity contribution in [3.05, 3.63) is 50.9 Å². The molecule has 1 fully saturated rings. The number of rotatable bonds is 5. The lowest BCUT2D eigenvalue weighted by Gasteiger charge is -2.28. The average molecular weight is 412 g/mol. The largest absolute Gasteiger partial charge is 0.378 e. The summed E-state index contributed by atoms with van der Waals surface area (Å²) in [5.41, 5.74) is 1.50. The normalized spacial score (nSPS) is 14.3. The summed E-state index contributed by atoms with van der Waals surface area (Å²) < 4.78 is 7.70. The first-order valence-corrected chi connectivity index (χ1v) is 9.81. The number of morpholine rings is 1. The number of ether oxygens (including phenoxy) is 1. The molecule has 158 valence electrons. The fourth-order valence-corrected chi connectivity index (χ4v) is 3.52. The maximum absolute atomic E-state index is 12.3. The molecule has 3 heterocycles. The van der Waals surface area contributed by atoms with Crippen molar-refractivity contribution in [2.75, 3.05) is 36.5 Å². The van der Waals surface area contributed by atoms with E-state index in [9.17, 15) is 14.4 Å². The van der Waals surface area contributed by atoms with Gasteiger partial charge in [-0.15, -0.1) is 0 Å². The molecule has 10 heteroatoms. The van der Waals surface area contributed by atoms with Crippen LogP contribution in [0.25, 0.3) is 11.2 Å². The zero-order valence-corrected chi connectivity index (χ0v) is 17.0. The molecule has 3 aromatic rings. The minimum atomic E-state index is -0.441. The molecule has 0 aliphatic carbocycles. The van der Waals surface area contributed by atoms with Crippen LogP contribution in [0.3, 0.4) is 0 Å². The molecule has 0 radical (unpaired) electrons. The standard InChI is InChI=1S/C20H24N6O4/c1-24-18-17(19(28)25(2)20(24)29)22-15(23-18)7-8-16(27)21-13-3-5-14(6-4-13)26-9-11-30-12-10-26/h3-6H,7-12H2,1-2H3,(H,21,27)(H,22,23). The Morgan fingerprint density at radius 2 is 1.83 bits per heavy atom. The van der Waals surface area contributed by atoms with E-state index in [1.807, 2.05) is 24.3 Å². The predicted molar refractivity (Wildman–Crippen MR) is 113 cm³/mol. The highest BCUT2D eigenvalue weighted by Crippen LogP contribution is 2.19. The monoisotopic (exact) mass is 412 g/mol. The second-order valence-corrected chi connectivity index (χ2v) is 7.28. The van der Waals surface area contributed by atoms with E-state index in [1.165, 1.54) is 11.6 Å². The van der Waals surface area contributed by atoms with Gasteiger partial charge in [0.05, 0.1) is 13.2 Å². The first-order valence-electron chi connectivity index (χ1n) is 9.81. The molecule has 1 aromatic carbocycles. The third kappa shape index (κ3) is 3.86. The van der Waals surface area contributed by atoms with Crippen LogP contribution in [-0.2, 0) is 30.0 Å². The zero-order chi connectivity index (χ0) is 21.3. The molecule has 1 saturated heterocycles. The highest BCUT2D eigenvalue weighted by Gasteiger charge is 2.15. The van der Waals surface area contributed by atoms with Gasteiger partial charge in [-0.2, -0.15) is 0 Å². The molecule has 0 atom stereocenters. The van der Waals surface area contributed by atoms with Crippen molar-refractivity contribution in [3.8, 4) is 0 Å². The first-order chi connectivity index (χ1) is 14.4. The number of carbonyl (C=O) groups excluding carboxylic acids is 1. The highest BCUT2D eigenvalue weighted by molar-refractivity contribution is 5.91. The number of nitrogens with zero attached hydrogens (tertiary/aromatic N) is 4. The Balaban J connectivity index is 1.39. The fraction of sp³-hybridized carbons (Fsp3) is 0.400. The van der Waals surface area contributed by atoms with Gasteiger partial charge in [0.2, 0.25) is 5.91 Å². The predicted octanol–water partition coefficient (Wildman–Crippen LogP) is 0.368. The van der Waals surface area contributed by atoms with E-state index in [2.05, 4.69) is 20.2 Å². The number of anilines is 2. The lowest BCUT2D eigenvalue weighted by Crippen LogP contribution is -2.36. The van der Waals surface area contributed by atoms with Crippen LogP contribution in [0, 0.1) is 0 Å². The van der Waals surface area contributed by atoms with Crippen molar-refractivity contribution in [2.24, 2.45) is 14.1 Å². The molecular formula is C20H24N6O4. The second-order valence-electron chi connectivity index (χ2n) is 7.28. The van der Waals surface area contributed by atoms with Gasteiger partial charge in [-0.1, -0.05) is 0 Å². The number of H-pyrrole nitrogens is 1. The van der Waals surface area contributed by atoms with Crippen molar-refractivity contribution >= 4 is 28.4 Å². The molecule has 0 spiro atoms. The molecular weight excluding hydrogens is 388 g/mol. The minimum Gasteiger partial charge on any atom is -0.378 e. The molecule has 1 aliphatic heterocycles. The van der Waals surface area contributed by atoms with Gasteiger partial charge in [-0.05, 0) is 24.3 Å². The summed E-state index contributed by atoms with van der Waals surface area (Å²) in [5.74, 6) is 0.331. The number of fused-ring (bicyclic) bond motifs is 1. The third-order valence-electron chi connectivity index (χ3n) is 5.26. The topological polar surface area (TPSA) is 114 Å². The zero-order valence-electron chi connectivity index (χ0n) is 17.0. The van der Waals surface area contributed by atoms with Gasteiger partial charge < -0.3 is 19.9 Å². The van der Waals surface area contributed by atoms with Crippen LogP contribution in [-0.4, -0.2) is 51.3 Å². The minimum absolute atomic E-state index is 0.156. The lowest BCUT2D eigenvalue weighted by atomic mass is 10.2. The number of imidazole rings is 1. The molecule has 10 nitrogen and oxygen atoms in total. The summed E-state index contributed by atoms with van der Waals surface area (Å²) in [5, 5.41) is 2.87. The third-order valence-corrected chi connectivity index (χ3v) is 5.26. The maximum atomic E-state index is 12.3. The Labute approximate surface area is 172 Å². The van der Waals surface area contributed by atoms with Crippen molar-refractivity contribution in [3.63, 3.8) is 0 Å². The average Bonchev–Trinajstić information content (AvgIpc) is 3.21. The molecule has 0 bridgehead atoms. The summed E-state index contributed by atoms with van der Waals surface area (Å²) in [6.07, 6.45) is 0.517. The molecule has 0 unspecified atom stereocenters. The summed E-state index contributed by atoms with van der Waals surface area (Å²) >= 11 is 0. The number of aromatic amines is 1. The van der Waals surface area contributed by atoms with E-state index in [0.717, 1.165) is 42.2 Å². The van der Waals surface area contributed by atoms with Crippen LogP contribution >= 0.6 is 0 Å². The van der Waals surface area contributed by atoms with Gasteiger partial charge in [0.1, 0.15) is 11.3 Å². The van der Waals surface area contributed by atoms with Crippen molar-refractivity contribution < 1.29 is 9.53 Å². The number of hydrogen-bond donors (Lipinski definition) is 2. The number of aromatic nitrogens is 4. The number of aryl methyl sites for hydroxylation is 2. The van der Waals surface area contributed by atoms with E-state index in [1.54, 1.807) is 7.05 Å².